The van der Waals surface area contributed by atoms with Gasteiger partial charge in [-0.25, -0.2) is 0 Å². The van der Waals surface area contributed by atoms with Gasteiger partial charge in [0.05, 0.1) is 12.5 Å². The van der Waals surface area contributed by atoms with E-state index in [0.29, 0.717) is 0 Å². The van der Waals surface area contributed by atoms with Crippen molar-refractivity contribution in [1.82, 2.24) is 0 Å². The number of benzene rings is 1. The van der Waals surface area contributed by atoms with Gasteiger partial charge in [0.25, 0.3) is 0 Å². The lowest BCUT2D eigenvalue weighted by Gasteiger charge is -2.21. The smallest absolute Gasteiger partial charge is 0.314 e. The van der Waals surface area contributed by atoms with Crippen LogP contribution in [0.1, 0.15) is 48.8 Å². The molecule has 3 nitrogen and oxygen atoms in total. The highest BCUT2D eigenvalue weighted by molar-refractivity contribution is 5.87. The molecule has 1 N–H and O–H groups in total. The molecule has 0 aromatic heterocycles. The summed E-state index contributed by atoms with van der Waals surface area (Å²) in [5.41, 5.74) is 2.90. The van der Waals surface area contributed by atoms with Crippen LogP contribution in [-0.2, 0) is 23.1 Å². The molecule has 0 heterocycles. The predicted molar refractivity (Wildman–Crippen MR) is 72.8 cm³/mol. The zero-order valence-electron chi connectivity index (χ0n) is 11.4. The first-order valence-electron chi connectivity index (χ1n) is 7.12. The van der Waals surface area contributed by atoms with E-state index in [-0.39, 0.29) is 0 Å². The molecule has 1 aromatic rings. The van der Waals surface area contributed by atoms with Gasteiger partial charge in [0.2, 0.25) is 0 Å². The van der Waals surface area contributed by atoms with Crippen molar-refractivity contribution < 1.29 is 14.6 Å². The summed E-state index contributed by atoms with van der Waals surface area (Å²) >= 11 is 0. The van der Waals surface area contributed by atoms with Crippen molar-refractivity contribution in [3.63, 3.8) is 0 Å². The Morgan fingerprint density at radius 2 is 1.95 bits per heavy atom. The summed E-state index contributed by atoms with van der Waals surface area (Å²) in [6.07, 6.45) is 7.15. The van der Waals surface area contributed by atoms with E-state index in [1.807, 2.05) is 6.07 Å². The number of carbonyl (C=O) groups is 1. The number of hydrogen-bond acceptors (Lipinski definition) is 2. The Morgan fingerprint density at radius 3 is 2.58 bits per heavy atom. The van der Waals surface area contributed by atoms with Crippen molar-refractivity contribution in [2.75, 3.05) is 7.11 Å². The summed E-state index contributed by atoms with van der Waals surface area (Å²) in [5.74, 6) is 0.0731. The van der Waals surface area contributed by atoms with E-state index in [0.717, 1.165) is 43.4 Å². The number of aliphatic carboxylic acids is 1. The molecule has 0 saturated heterocycles. The standard InChI is InChI=1S/C16H20O3/c1-19-13-8-7-11-5-3-2-4-6-12(11)14(13)16(9-10-16)15(17)18/h7-8H,2-6,9-10H2,1H3,(H,17,18). The molecule has 19 heavy (non-hydrogen) atoms. The second-order valence-corrected chi connectivity index (χ2v) is 5.73. The molecule has 0 atom stereocenters. The maximum atomic E-state index is 11.7. The summed E-state index contributed by atoms with van der Waals surface area (Å²) in [6, 6.07) is 4.09. The Hall–Kier alpha value is -1.51. The molecule has 0 aliphatic heterocycles. The van der Waals surface area contributed by atoms with E-state index in [4.69, 9.17) is 4.74 Å². The third-order valence-electron chi connectivity index (χ3n) is 4.60. The van der Waals surface area contributed by atoms with Crippen LogP contribution in [-0.4, -0.2) is 18.2 Å². The number of methoxy groups -OCH3 is 1. The van der Waals surface area contributed by atoms with Gasteiger partial charge >= 0.3 is 5.97 Å². The minimum Gasteiger partial charge on any atom is -0.496 e. The van der Waals surface area contributed by atoms with E-state index >= 15 is 0 Å². The highest BCUT2D eigenvalue weighted by Crippen LogP contribution is 2.53. The number of hydrogen-bond donors (Lipinski definition) is 1. The fourth-order valence-electron chi connectivity index (χ4n) is 3.37. The van der Waals surface area contributed by atoms with Gasteiger partial charge in [-0.1, -0.05) is 12.5 Å². The number of aryl methyl sites for hydroxylation is 1. The molecule has 3 rings (SSSR count). The minimum atomic E-state index is -0.691. The Balaban J connectivity index is 2.18. The number of ether oxygens (including phenoxy) is 1. The minimum absolute atomic E-state index is 0.666. The van der Waals surface area contributed by atoms with E-state index in [1.54, 1.807) is 7.11 Å². The summed E-state index contributed by atoms with van der Waals surface area (Å²) in [7, 11) is 1.64. The summed E-state index contributed by atoms with van der Waals surface area (Å²) in [5, 5.41) is 9.59. The average molecular weight is 260 g/mol. The summed E-state index contributed by atoms with van der Waals surface area (Å²) in [4.78, 5) is 11.7. The third-order valence-corrected chi connectivity index (χ3v) is 4.60. The van der Waals surface area contributed by atoms with Gasteiger partial charge in [0, 0.05) is 5.56 Å². The molecule has 0 spiro atoms. The molecular weight excluding hydrogens is 240 g/mol. The van der Waals surface area contributed by atoms with Gasteiger partial charge in [0.15, 0.2) is 0 Å². The van der Waals surface area contributed by atoms with Crippen LogP contribution >= 0.6 is 0 Å². The molecule has 2 aliphatic rings. The first-order valence-corrected chi connectivity index (χ1v) is 7.12. The van der Waals surface area contributed by atoms with E-state index in [2.05, 4.69) is 6.07 Å². The Morgan fingerprint density at radius 1 is 1.21 bits per heavy atom. The van der Waals surface area contributed by atoms with Crippen molar-refractivity contribution >= 4 is 5.97 Å². The maximum Gasteiger partial charge on any atom is 0.314 e. The van der Waals surface area contributed by atoms with E-state index < -0.39 is 11.4 Å². The highest BCUT2D eigenvalue weighted by Gasteiger charge is 2.54. The van der Waals surface area contributed by atoms with Gasteiger partial charge in [-0.05, 0) is 55.7 Å². The van der Waals surface area contributed by atoms with Crippen LogP contribution < -0.4 is 4.74 Å². The highest BCUT2D eigenvalue weighted by atomic mass is 16.5. The van der Waals surface area contributed by atoms with Crippen molar-refractivity contribution in [3.05, 3.63) is 28.8 Å². The first-order chi connectivity index (χ1) is 9.19. The van der Waals surface area contributed by atoms with Crippen molar-refractivity contribution in [2.45, 2.75) is 50.4 Å². The summed E-state index contributed by atoms with van der Waals surface area (Å²) < 4.78 is 5.47. The average Bonchev–Trinajstić information content (AvgIpc) is 3.21. The zero-order chi connectivity index (χ0) is 13.5. The molecule has 0 unspecified atom stereocenters. The van der Waals surface area contributed by atoms with Crippen LogP contribution in [0.3, 0.4) is 0 Å². The second-order valence-electron chi connectivity index (χ2n) is 5.73. The molecule has 1 fully saturated rings. The lowest BCUT2D eigenvalue weighted by molar-refractivity contribution is -0.140. The number of carboxylic acids is 1. The van der Waals surface area contributed by atoms with Gasteiger partial charge in [0.1, 0.15) is 5.75 Å². The summed E-state index contributed by atoms with van der Waals surface area (Å²) in [6.45, 7) is 0. The Labute approximate surface area is 113 Å². The number of fused-ring (bicyclic) bond motifs is 1. The molecule has 0 bridgehead atoms. The molecule has 0 radical (unpaired) electrons. The molecule has 1 aromatic carbocycles. The van der Waals surface area contributed by atoms with Gasteiger partial charge in [-0.2, -0.15) is 0 Å². The zero-order valence-corrected chi connectivity index (χ0v) is 11.4. The predicted octanol–water partition coefficient (Wildman–Crippen LogP) is 3.08. The Bertz CT molecular complexity index is 515. The van der Waals surface area contributed by atoms with Crippen molar-refractivity contribution in [1.29, 1.82) is 0 Å². The van der Waals surface area contributed by atoms with Crippen LogP contribution in [0.25, 0.3) is 0 Å². The van der Waals surface area contributed by atoms with E-state index in [1.165, 1.54) is 24.0 Å². The third kappa shape index (κ3) is 1.92. The molecule has 2 aliphatic carbocycles. The van der Waals surface area contributed by atoms with Gasteiger partial charge in [-0.3, -0.25) is 4.79 Å². The fraction of sp³-hybridized carbons (Fsp3) is 0.562. The van der Waals surface area contributed by atoms with Crippen LogP contribution in [0.2, 0.25) is 0 Å². The van der Waals surface area contributed by atoms with Gasteiger partial charge in [-0.15, -0.1) is 0 Å². The quantitative estimate of drug-likeness (QED) is 0.849. The van der Waals surface area contributed by atoms with Crippen LogP contribution in [0.15, 0.2) is 12.1 Å². The molecule has 3 heteroatoms. The monoisotopic (exact) mass is 260 g/mol. The molecular formula is C16H20O3. The topological polar surface area (TPSA) is 46.5 Å². The van der Waals surface area contributed by atoms with Crippen molar-refractivity contribution in [2.24, 2.45) is 0 Å². The second kappa shape index (κ2) is 4.55. The normalized spacial score (nSPS) is 20.3. The lowest BCUT2D eigenvalue weighted by Crippen LogP contribution is -2.23. The number of rotatable bonds is 3. The maximum absolute atomic E-state index is 11.7. The molecule has 102 valence electrons. The van der Waals surface area contributed by atoms with E-state index in [9.17, 15) is 9.90 Å². The Kier molecular flexibility index (Phi) is 3.00. The van der Waals surface area contributed by atoms with Crippen molar-refractivity contribution in [3.8, 4) is 5.75 Å². The fourth-order valence-corrected chi connectivity index (χ4v) is 3.37. The van der Waals surface area contributed by atoms with Crippen LogP contribution in [0.4, 0.5) is 0 Å². The largest absolute Gasteiger partial charge is 0.496 e. The SMILES string of the molecule is COc1ccc2c(c1C1(C(=O)O)CC1)CCCCC2. The van der Waals surface area contributed by atoms with Crippen LogP contribution in [0.5, 0.6) is 5.75 Å². The molecule has 0 amide bonds. The lowest BCUT2D eigenvalue weighted by atomic mass is 9.86. The van der Waals surface area contributed by atoms with Crippen LogP contribution in [0, 0.1) is 0 Å². The molecule has 1 saturated carbocycles. The van der Waals surface area contributed by atoms with Gasteiger partial charge < -0.3 is 9.84 Å². The number of carboxylic acid groups (broad SMARTS) is 1. The first kappa shape index (κ1) is 12.5.